The molecule has 4 aromatic rings. The van der Waals surface area contributed by atoms with E-state index in [9.17, 15) is 4.79 Å². The van der Waals surface area contributed by atoms with Gasteiger partial charge in [0.25, 0.3) is 5.56 Å². The Labute approximate surface area is 136 Å². The van der Waals surface area contributed by atoms with Crippen LogP contribution in [0.15, 0.2) is 53.5 Å². The number of H-pyrrole nitrogens is 1. The summed E-state index contributed by atoms with van der Waals surface area (Å²) in [6.45, 7) is 1.83. The summed E-state index contributed by atoms with van der Waals surface area (Å²) in [6.07, 6.45) is 1.53. The fraction of sp³-hybridized carbons (Fsp3) is 0.0588. The molecule has 0 saturated heterocycles. The summed E-state index contributed by atoms with van der Waals surface area (Å²) in [7, 11) is 0. The maximum absolute atomic E-state index is 12.6. The molecule has 7 nitrogen and oxygen atoms in total. The Balaban J connectivity index is 1.96. The second-order valence-corrected chi connectivity index (χ2v) is 5.42. The summed E-state index contributed by atoms with van der Waals surface area (Å²) in [4.78, 5) is 24.2. The van der Waals surface area contributed by atoms with Gasteiger partial charge in [0.15, 0.2) is 11.3 Å². The summed E-state index contributed by atoms with van der Waals surface area (Å²) in [6, 6.07) is 12.9. The zero-order valence-electron chi connectivity index (χ0n) is 12.9. The normalized spacial score (nSPS) is 11.0. The topological polar surface area (TPSA) is 102 Å². The Morgan fingerprint density at radius 2 is 1.92 bits per heavy atom. The van der Waals surface area contributed by atoms with Gasteiger partial charge in [-0.25, -0.2) is 9.67 Å². The summed E-state index contributed by atoms with van der Waals surface area (Å²) >= 11 is 0. The monoisotopic (exact) mass is 318 g/mol. The summed E-state index contributed by atoms with van der Waals surface area (Å²) < 4.78 is 1.61. The van der Waals surface area contributed by atoms with E-state index in [1.165, 1.54) is 6.20 Å². The lowest BCUT2D eigenvalue weighted by Gasteiger charge is -2.03. The smallest absolute Gasteiger partial charge is 0.277 e. The van der Waals surface area contributed by atoms with Gasteiger partial charge in [-0.3, -0.25) is 9.78 Å². The lowest BCUT2D eigenvalue weighted by atomic mass is 10.3. The molecule has 0 aliphatic rings. The van der Waals surface area contributed by atoms with Crippen molar-refractivity contribution >= 4 is 16.7 Å². The number of benzene rings is 1. The van der Waals surface area contributed by atoms with Crippen LogP contribution in [0.3, 0.4) is 0 Å². The van der Waals surface area contributed by atoms with Gasteiger partial charge in [0.1, 0.15) is 11.2 Å². The number of nitrogens with one attached hydrogen (secondary N) is 1. The molecule has 0 bridgehead atoms. The molecule has 0 saturated carbocycles. The van der Waals surface area contributed by atoms with Gasteiger partial charge in [-0.05, 0) is 31.2 Å². The van der Waals surface area contributed by atoms with Crippen molar-refractivity contribution in [1.29, 1.82) is 0 Å². The van der Waals surface area contributed by atoms with Crippen molar-refractivity contribution in [3.63, 3.8) is 0 Å². The Hall–Kier alpha value is -3.48. The number of hydrogen-bond acceptors (Lipinski definition) is 5. The number of hydrogen-bond donors (Lipinski definition) is 2. The molecule has 0 aliphatic carbocycles. The lowest BCUT2D eigenvalue weighted by Crippen LogP contribution is -2.13. The maximum atomic E-state index is 12.6. The van der Waals surface area contributed by atoms with Crippen LogP contribution >= 0.6 is 0 Å². The van der Waals surface area contributed by atoms with Crippen LogP contribution in [0.4, 0.5) is 5.69 Å². The van der Waals surface area contributed by atoms with Crippen molar-refractivity contribution in [2.24, 2.45) is 0 Å². The number of fused-ring (bicyclic) bond motifs is 1. The molecule has 1 aromatic carbocycles. The predicted molar refractivity (Wildman–Crippen MR) is 91.9 cm³/mol. The molecule has 4 rings (SSSR count). The van der Waals surface area contributed by atoms with Gasteiger partial charge < -0.3 is 10.7 Å². The number of nitrogens with two attached hydrogens (primary N) is 1. The first-order valence-corrected chi connectivity index (χ1v) is 7.40. The lowest BCUT2D eigenvalue weighted by molar-refractivity contribution is 0.884. The summed E-state index contributed by atoms with van der Waals surface area (Å²) in [5.41, 5.74) is 8.94. The second kappa shape index (κ2) is 5.31. The van der Waals surface area contributed by atoms with Crippen molar-refractivity contribution in [2.45, 2.75) is 6.92 Å². The van der Waals surface area contributed by atoms with Gasteiger partial charge in [0, 0.05) is 0 Å². The first kappa shape index (κ1) is 14.1. The summed E-state index contributed by atoms with van der Waals surface area (Å²) in [5, 5.41) is 4.46. The number of aryl methyl sites for hydroxylation is 1. The van der Waals surface area contributed by atoms with Crippen molar-refractivity contribution in [1.82, 2.24) is 24.7 Å². The van der Waals surface area contributed by atoms with Crippen molar-refractivity contribution in [3.05, 3.63) is 64.7 Å². The number of anilines is 1. The van der Waals surface area contributed by atoms with Crippen LogP contribution in [-0.2, 0) is 0 Å². The van der Waals surface area contributed by atoms with E-state index >= 15 is 0 Å². The van der Waals surface area contributed by atoms with E-state index in [1.807, 2.05) is 37.3 Å². The number of nitrogen functional groups attached to an aromatic ring is 1. The number of aromatic amines is 1. The van der Waals surface area contributed by atoms with E-state index in [-0.39, 0.29) is 5.56 Å². The van der Waals surface area contributed by atoms with Crippen molar-refractivity contribution in [3.8, 4) is 17.2 Å². The van der Waals surface area contributed by atoms with E-state index in [4.69, 9.17) is 5.73 Å². The number of pyridine rings is 1. The highest BCUT2D eigenvalue weighted by atomic mass is 16.1. The molecule has 0 fully saturated rings. The van der Waals surface area contributed by atoms with Crippen molar-refractivity contribution in [2.75, 3.05) is 5.73 Å². The number of nitrogens with zero attached hydrogens (tertiary/aromatic N) is 4. The molecule has 118 valence electrons. The van der Waals surface area contributed by atoms with Gasteiger partial charge in [0.2, 0.25) is 0 Å². The van der Waals surface area contributed by atoms with E-state index in [1.54, 1.807) is 16.8 Å². The highest BCUT2D eigenvalue weighted by molar-refractivity contribution is 5.80. The van der Waals surface area contributed by atoms with Crippen LogP contribution in [0.1, 0.15) is 5.69 Å². The molecule has 0 aliphatic heterocycles. The van der Waals surface area contributed by atoms with E-state index in [2.05, 4.69) is 20.1 Å². The minimum absolute atomic E-state index is 0.266. The predicted octanol–water partition coefficient (Wildman–Crippen LogP) is 2.06. The number of para-hydroxylation sites is 1. The van der Waals surface area contributed by atoms with E-state index in [0.717, 1.165) is 5.69 Å². The van der Waals surface area contributed by atoms with Crippen LogP contribution in [-0.4, -0.2) is 24.7 Å². The zero-order valence-corrected chi connectivity index (χ0v) is 12.9. The van der Waals surface area contributed by atoms with Crippen LogP contribution in [0.25, 0.3) is 28.2 Å². The number of rotatable bonds is 2. The first-order valence-electron chi connectivity index (χ1n) is 7.40. The third-order valence-electron chi connectivity index (χ3n) is 3.73. The molecule has 3 heterocycles. The van der Waals surface area contributed by atoms with Crippen LogP contribution < -0.4 is 11.3 Å². The van der Waals surface area contributed by atoms with E-state index < -0.39 is 0 Å². The van der Waals surface area contributed by atoms with Gasteiger partial charge in [0.05, 0.1) is 23.3 Å². The molecule has 3 aromatic heterocycles. The molecular formula is C17H14N6O. The molecule has 0 radical (unpaired) electrons. The second-order valence-electron chi connectivity index (χ2n) is 5.42. The molecule has 0 unspecified atom stereocenters. The largest absolute Gasteiger partial charge is 0.397 e. The average molecular weight is 318 g/mol. The molecular weight excluding hydrogens is 304 g/mol. The fourth-order valence-electron chi connectivity index (χ4n) is 2.59. The minimum Gasteiger partial charge on any atom is -0.397 e. The zero-order chi connectivity index (χ0) is 16.7. The SMILES string of the molecule is Cc1nn(-c2ccccc2)c2c(=O)[nH]c(-c3ccc(N)cn3)nc12. The maximum Gasteiger partial charge on any atom is 0.277 e. The fourth-order valence-corrected chi connectivity index (χ4v) is 2.59. The van der Waals surface area contributed by atoms with Gasteiger partial charge in [-0.1, -0.05) is 18.2 Å². The molecule has 24 heavy (non-hydrogen) atoms. The first-order chi connectivity index (χ1) is 11.6. The molecule has 0 amide bonds. The van der Waals surface area contributed by atoms with Crippen molar-refractivity contribution < 1.29 is 0 Å². The highest BCUT2D eigenvalue weighted by Crippen LogP contribution is 2.20. The quantitative estimate of drug-likeness (QED) is 0.589. The van der Waals surface area contributed by atoms with Crippen LogP contribution in [0, 0.1) is 6.92 Å². The Morgan fingerprint density at radius 1 is 1.12 bits per heavy atom. The van der Waals surface area contributed by atoms with Gasteiger partial charge >= 0.3 is 0 Å². The molecule has 3 N–H and O–H groups in total. The third-order valence-corrected chi connectivity index (χ3v) is 3.73. The molecule has 0 spiro atoms. The third kappa shape index (κ3) is 2.23. The molecule has 7 heteroatoms. The molecule has 0 atom stereocenters. The number of aromatic nitrogens is 5. The minimum atomic E-state index is -0.266. The Kier molecular flexibility index (Phi) is 3.13. The van der Waals surface area contributed by atoms with Gasteiger partial charge in [-0.2, -0.15) is 5.10 Å². The summed E-state index contributed by atoms with van der Waals surface area (Å²) in [5.74, 6) is 0.392. The van der Waals surface area contributed by atoms with Crippen LogP contribution in [0.5, 0.6) is 0 Å². The van der Waals surface area contributed by atoms with Gasteiger partial charge in [-0.15, -0.1) is 0 Å². The van der Waals surface area contributed by atoms with E-state index in [0.29, 0.717) is 33.9 Å². The Bertz CT molecular complexity index is 1080. The standard InChI is InChI=1S/C17H14N6O/c1-10-14-15(23(22-10)12-5-3-2-4-6-12)17(24)21-16(20-14)13-8-7-11(18)9-19-13/h2-9H,18H2,1H3,(H,20,21,24). The average Bonchev–Trinajstić information content (AvgIpc) is 2.94. The van der Waals surface area contributed by atoms with Crippen LogP contribution in [0.2, 0.25) is 0 Å². The highest BCUT2D eigenvalue weighted by Gasteiger charge is 2.16. The Morgan fingerprint density at radius 3 is 2.62 bits per heavy atom.